The molecular formula is C16H24N2O3. The average Bonchev–Trinajstić information content (AvgIpc) is 2.52. The fourth-order valence-electron chi connectivity index (χ4n) is 2.51. The van der Waals surface area contributed by atoms with Gasteiger partial charge in [0.25, 0.3) is 5.91 Å². The molecule has 116 valence electrons. The lowest BCUT2D eigenvalue weighted by Gasteiger charge is -2.32. The van der Waals surface area contributed by atoms with Crippen LogP contribution >= 0.6 is 0 Å². The minimum atomic E-state index is 0.0147. The molecule has 5 heteroatoms. The zero-order chi connectivity index (χ0) is 15.1. The van der Waals surface area contributed by atoms with E-state index >= 15 is 0 Å². The summed E-state index contributed by atoms with van der Waals surface area (Å²) < 4.78 is 11.0. The predicted octanol–water partition coefficient (Wildman–Crippen LogP) is 1.93. The topological polar surface area (TPSA) is 64.8 Å². The van der Waals surface area contributed by atoms with Crippen molar-refractivity contribution in [3.63, 3.8) is 0 Å². The van der Waals surface area contributed by atoms with E-state index in [1.54, 1.807) is 12.1 Å². The summed E-state index contributed by atoms with van der Waals surface area (Å²) in [6.07, 6.45) is 1.96. The highest BCUT2D eigenvalue weighted by Crippen LogP contribution is 2.19. The number of ether oxygens (including phenoxy) is 2. The highest BCUT2D eigenvalue weighted by Gasteiger charge is 2.24. The van der Waals surface area contributed by atoms with Crippen LogP contribution in [0.1, 0.15) is 30.1 Å². The highest BCUT2D eigenvalue weighted by atomic mass is 16.5. The first-order chi connectivity index (χ1) is 10.2. The van der Waals surface area contributed by atoms with Crippen molar-refractivity contribution in [1.82, 2.24) is 4.90 Å². The van der Waals surface area contributed by atoms with Crippen LogP contribution in [0.5, 0.6) is 0 Å². The number of nitrogens with zero attached hydrogens (tertiary/aromatic N) is 1. The van der Waals surface area contributed by atoms with Gasteiger partial charge in [0.15, 0.2) is 0 Å². The molecule has 21 heavy (non-hydrogen) atoms. The Bertz CT molecular complexity index is 457. The summed E-state index contributed by atoms with van der Waals surface area (Å²) in [5.74, 6) is 0.0147. The van der Waals surface area contributed by atoms with Gasteiger partial charge in [-0.1, -0.05) is 12.1 Å². The van der Waals surface area contributed by atoms with E-state index < -0.39 is 0 Å². The largest absolute Gasteiger partial charge is 0.398 e. The Morgan fingerprint density at radius 1 is 1.29 bits per heavy atom. The molecule has 1 amide bonds. The van der Waals surface area contributed by atoms with Crippen molar-refractivity contribution >= 4 is 11.6 Å². The third kappa shape index (κ3) is 4.44. The van der Waals surface area contributed by atoms with Crippen molar-refractivity contribution in [2.75, 3.05) is 38.6 Å². The molecule has 0 unspecified atom stereocenters. The lowest BCUT2D eigenvalue weighted by molar-refractivity contribution is -0.0182. The Balaban J connectivity index is 1.78. The summed E-state index contributed by atoms with van der Waals surface area (Å²) in [5.41, 5.74) is 6.99. The van der Waals surface area contributed by atoms with Gasteiger partial charge in [0.2, 0.25) is 0 Å². The molecule has 0 spiro atoms. The first kappa shape index (κ1) is 15.8. The summed E-state index contributed by atoms with van der Waals surface area (Å²) in [7, 11) is 0. The van der Waals surface area contributed by atoms with Crippen molar-refractivity contribution in [1.29, 1.82) is 0 Å². The molecule has 1 aliphatic rings. The fraction of sp³-hybridized carbons (Fsp3) is 0.562. The SMILES string of the molecule is CCOCCOC1CCN(C(=O)c2ccccc2N)CC1. The smallest absolute Gasteiger partial charge is 0.255 e. The maximum absolute atomic E-state index is 12.4. The van der Waals surface area contributed by atoms with Crippen LogP contribution in [0.4, 0.5) is 5.69 Å². The average molecular weight is 292 g/mol. The molecule has 5 nitrogen and oxygen atoms in total. The fourth-order valence-corrected chi connectivity index (χ4v) is 2.51. The van der Waals surface area contributed by atoms with E-state index in [0.717, 1.165) is 19.4 Å². The Morgan fingerprint density at radius 2 is 2.00 bits per heavy atom. The van der Waals surface area contributed by atoms with E-state index in [2.05, 4.69) is 0 Å². The molecule has 0 saturated carbocycles. The second-order valence-corrected chi connectivity index (χ2v) is 5.15. The molecule has 0 bridgehead atoms. The Kier molecular flexibility index (Phi) is 6.02. The second-order valence-electron chi connectivity index (χ2n) is 5.15. The van der Waals surface area contributed by atoms with Gasteiger partial charge in [0.05, 0.1) is 24.9 Å². The number of benzene rings is 1. The molecule has 0 aliphatic carbocycles. The highest BCUT2D eigenvalue weighted by molar-refractivity contribution is 5.99. The number of anilines is 1. The van der Waals surface area contributed by atoms with E-state index in [4.69, 9.17) is 15.2 Å². The van der Waals surface area contributed by atoms with Gasteiger partial charge in [-0.15, -0.1) is 0 Å². The molecule has 1 heterocycles. The zero-order valence-corrected chi connectivity index (χ0v) is 12.6. The number of likely N-dealkylation sites (tertiary alicyclic amines) is 1. The molecule has 2 N–H and O–H groups in total. The van der Waals surface area contributed by atoms with Crippen LogP contribution in [0.2, 0.25) is 0 Å². The monoisotopic (exact) mass is 292 g/mol. The summed E-state index contributed by atoms with van der Waals surface area (Å²) in [6, 6.07) is 7.22. The van der Waals surface area contributed by atoms with Crippen LogP contribution in [0.3, 0.4) is 0 Å². The van der Waals surface area contributed by atoms with Crippen molar-refractivity contribution in [3.8, 4) is 0 Å². The maximum atomic E-state index is 12.4. The van der Waals surface area contributed by atoms with Crippen LogP contribution in [0, 0.1) is 0 Å². The quantitative estimate of drug-likeness (QED) is 0.643. The number of carbonyl (C=O) groups is 1. The summed E-state index contributed by atoms with van der Waals surface area (Å²) in [6.45, 7) is 5.38. The number of piperidine rings is 1. The third-order valence-electron chi connectivity index (χ3n) is 3.71. The Labute approximate surface area is 126 Å². The van der Waals surface area contributed by atoms with E-state index in [-0.39, 0.29) is 12.0 Å². The van der Waals surface area contributed by atoms with Crippen LogP contribution in [0.15, 0.2) is 24.3 Å². The molecular weight excluding hydrogens is 268 g/mol. The van der Waals surface area contributed by atoms with Crippen LogP contribution in [-0.2, 0) is 9.47 Å². The Hall–Kier alpha value is -1.59. The lowest BCUT2D eigenvalue weighted by atomic mass is 10.1. The van der Waals surface area contributed by atoms with Crippen LogP contribution < -0.4 is 5.73 Å². The van der Waals surface area contributed by atoms with Gasteiger partial charge in [-0.3, -0.25) is 4.79 Å². The number of nitrogens with two attached hydrogens (primary N) is 1. The summed E-state index contributed by atoms with van der Waals surface area (Å²) in [5, 5.41) is 0. The first-order valence-electron chi connectivity index (χ1n) is 7.55. The Morgan fingerprint density at radius 3 is 2.67 bits per heavy atom. The van der Waals surface area contributed by atoms with Crippen molar-refractivity contribution < 1.29 is 14.3 Å². The van der Waals surface area contributed by atoms with E-state index in [1.165, 1.54) is 0 Å². The van der Waals surface area contributed by atoms with E-state index in [1.807, 2.05) is 24.0 Å². The molecule has 0 aromatic heterocycles. The normalized spacial score (nSPS) is 16.1. The van der Waals surface area contributed by atoms with E-state index in [0.29, 0.717) is 37.6 Å². The van der Waals surface area contributed by atoms with Gasteiger partial charge >= 0.3 is 0 Å². The van der Waals surface area contributed by atoms with E-state index in [9.17, 15) is 4.79 Å². The molecule has 1 aliphatic heterocycles. The molecule has 2 rings (SSSR count). The minimum Gasteiger partial charge on any atom is -0.398 e. The van der Waals surface area contributed by atoms with Crippen LogP contribution in [-0.4, -0.2) is 49.8 Å². The van der Waals surface area contributed by atoms with Gasteiger partial charge in [0.1, 0.15) is 0 Å². The zero-order valence-electron chi connectivity index (χ0n) is 12.6. The number of para-hydroxylation sites is 1. The van der Waals surface area contributed by atoms with Crippen LogP contribution in [0.25, 0.3) is 0 Å². The molecule has 1 saturated heterocycles. The first-order valence-corrected chi connectivity index (χ1v) is 7.55. The number of carbonyl (C=O) groups excluding carboxylic acids is 1. The molecule has 0 radical (unpaired) electrons. The third-order valence-corrected chi connectivity index (χ3v) is 3.71. The number of hydrogen-bond acceptors (Lipinski definition) is 4. The van der Waals surface area contributed by atoms with Gasteiger partial charge in [0, 0.05) is 25.4 Å². The standard InChI is InChI=1S/C16H24N2O3/c1-2-20-11-12-21-13-7-9-18(10-8-13)16(19)14-5-3-4-6-15(14)17/h3-6,13H,2,7-12,17H2,1H3. The van der Waals surface area contributed by atoms with Crippen molar-refractivity contribution in [3.05, 3.63) is 29.8 Å². The molecule has 0 atom stereocenters. The van der Waals surface area contributed by atoms with Gasteiger partial charge < -0.3 is 20.1 Å². The molecule has 1 aromatic rings. The van der Waals surface area contributed by atoms with Crippen molar-refractivity contribution in [2.45, 2.75) is 25.9 Å². The van der Waals surface area contributed by atoms with Gasteiger partial charge in [-0.2, -0.15) is 0 Å². The number of amides is 1. The maximum Gasteiger partial charge on any atom is 0.255 e. The number of hydrogen-bond donors (Lipinski definition) is 1. The second kappa shape index (κ2) is 8.00. The van der Waals surface area contributed by atoms with Gasteiger partial charge in [-0.05, 0) is 31.9 Å². The van der Waals surface area contributed by atoms with Crippen molar-refractivity contribution in [2.24, 2.45) is 0 Å². The lowest BCUT2D eigenvalue weighted by Crippen LogP contribution is -2.41. The number of rotatable bonds is 6. The molecule has 1 fully saturated rings. The minimum absolute atomic E-state index is 0.0147. The van der Waals surface area contributed by atoms with Gasteiger partial charge in [-0.25, -0.2) is 0 Å². The summed E-state index contributed by atoms with van der Waals surface area (Å²) >= 11 is 0. The predicted molar refractivity (Wildman–Crippen MR) is 82.2 cm³/mol. The number of nitrogen functional groups attached to an aromatic ring is 1. The molecule has 1 aromatic carbocycles. The summed E-state index contributed by atoms with van der Waals surface area (Å²) in [4.78, 5) is 14.3.